The van der Waals surface area contributed by atoms with Gasteiger partial charge in [0.15, 0.2) is 5.82 Å². The minimum atomic E-state index is -0.648. The van der Waals surface area contributed by atoms with Crippen LogP contribution >= 0.6 is 0 Å². The molecule has 0 radical (unpaired) electrons. The zero-order chi connectivity index (χ0) is 24.6. The van der Waals surface area contributed by atoms with E-state index in [1.807, 2.05) is 56.6 Å². The highest BCUT2D eigenvalue weighted by molar-refractivity contribution is 5.98. The first-order chi connectivity index (χ1) is 17.6. The summed E-state index contributed by atoms with van der Waals surface area (Å²) in [4.78, 5) is 21.1. The SMILES string of the molecule is CC(C)C(O)Nc1cncc(-c2ccc3[nH]nc(-c4nc5c(-c6ccncc6)cncc5[nH]4)c3c2)c1. The second-order valence-corrected chi connectivity index (χ2v) is 9.03. The molecule has 0 fully saturated rings. The number of aliphatic hydroxyl groups is 1. The molecule has 0 spiro atoms. The molecule has 9 nitrogen and oxygen atoms in total. The standard InChI is InChI=1S/C27H24N8O/c1-15(2)27(36)31-19-9-18(11-29-12-19)17-3-4-22-20(10-17)25(35-34-22)26-32-23-14-30-13-21(24(23)33-26)16-5-7-28-8-6-16/h3-15,27,31,36H,1-2H3,(H,32,33)(H,34,35). The smallest absolute Gasteiger partial charge is 0.159 e. The fourth-order valence-corrected chi connectivity index (χ4v) is 4.18. The van der Waals surface area contributed by atoms with Gasteiger partial charge in [-0.2, -0.15) is 5.10 Å². The average molecular weight is 477 g/mol. The topological polar surface area (TPSA) is 128 Å². The molecule has 0 bridgehead atoms. The second-order valence-electron chi connectivity index (χ2n) is 9.03. The van der Waals surface area contributed by atoms with Crippen molar-refractivity contribution in [2.24, 2.45) is 5.92 Å². The second kappa shape index (κ2) is 8.86. The molecule has 9 heteroatoms. The molecule has 0 amide bonds. The zero-order valence-electron chi connectivity index (χ0n) is 19.8. The van der Waals surface area contributed by atoms with Crippen molar-refractivity contribution in [3.8, 4) is 33.8 Å². The molecular weight excluding hydrogens is 452 g/mol. The number of anilines is 1. The number of H-pyrrole nitrogens is 2. The van der Waals surface area contributed by atoms with Gasteiger partial charge in [-0.05, 0) is 47.4 Å². The normalized spacial score (nSPS) is 12.4. The lowest BCUT2D eigenvalue weighted by atomic mass is 10.0. The van der Waals surface area contributed by atoms with Crippen LogP contribution in [0.3, 0.4) is 0 Å². The van der Waals surface area contributed by atoms with E-state index in [2.05, 4.69) is 41.5 Å². The van der Waals surface area contributed by atoms with Gasteiger partial charge in [-0.1, -0.05) is 19.9 Å². The van der Waals surface area contributed by atoms with Gasteiger partial charge in [-0.15, -0.1) is 0 Å². The minimum absolute atomic E-state index is 0.0802. The van der Waals surface area contributed by atoms with Gasteiger partial charge in [0.2, 0.25) is 0 Å². The molecule has 5 heterocycles. The largest absolute Gasteiger partial charge is 0.374 e. The van der Waals surface area contributed by atoms with E-state index in [0.717, 1.165) is 55.6 Å². The van der Waals surface area contributed by atoms with Gasteiger partial charge >= 0.3 is 0 Å². The molecule has 1 atom stereocenters. The molecule has 0 aliphatic rings. The molecule has 0 aliphatic heterocycles. The van der Waals surface area contributed by atoms with E-state index >= 15 is 0 Å². The fourth-order valence-electron chi connectivity index (χ4n) is 4.18. The number of aromatic nitrogens is 7. The fraction of sp³-hybridized carbons (Fsp3) is 0.148. The Labute approximate surface area is 206 Å². The third kappa shape index (κ3) is 3.95. The van der Waals surface area contributed by atoms with Crippen molar-refractivity contribution in [2.75, 3.05) is 5.32 Å². The van der Waals surface area contributed by atoms with Crippen LogP contribution in [0.2, 0.25) is 0 Å². The molecule has 0 saturated heterocycles. The van der Waals surface area contributed by atoms with Crippen LogP contribution in [0.1, 0.15) is 13.8 Å². The predicted molar refractivity (Wildman–Crippen MR) is 140 cm³/mol. The summed E-state index contributed by atoms with van der Waals surface area (Å²) in [6.45, 7) is 3.91. The van der Waals surface area contributed by atoms with Crippen LogP contribution in [-0.2, 0) is 0 Å². The highest BCUT2D eigenvalue weighted by Crippen LogP contribution is 2.33. The van der Waals surface area contributed by atoms with Gasteiger partial charge in [-0.3, -0.25) is 20.1 Å². The molecule has 5 aromatic heterocycles. The molecule has 4 N–H and O–H groups in total. The Balaban J connectivity index is 1.41. The summed E-state index contributed by atoms with van der Waals surface area (Å²) in [6, 6.07) is 12.0. The van der Waals surface area contributed by atoms with E-state index < -0.39 is 6.23 Å². The van der Waals surface area contributed by atoms with Crippen LogP contribution in [-0.4, -0.2) is 46.5 Å². The number of aromatic amines is 2. The van der Waals surface area contributed by atoms with Gasteiger partial charge < -0.3 is 15.4 Å². The third-order valence-electron chi connectivity index (χ3n) is 6.19. The number of pyridine rings is 3. The molecule has 0 saturated carbocycles. The van der Waals surface area contributed by atoms with Crippen molar-refractivity contribution >= 4 is 27.6 Å². The number of fused-ring (bicyclic) bond motifs is 2. The van der Waals surface area contributed by atoms with Gasteiger partial charge in [0.05, 0.1) is 34.6 Å². The van der Waals surface area contributed by atoms with Crippen molar-refractivity contribution in [3.63, 3.8) is 0 Å². The van der Waals surface area contributed by atoms with E-state index in [1.165, 1.54) is 0 Å². The summed E-state index contributed by atoms with van der Waals surface area (Å²) in [6.07, 6.45) is 9.96. The van der Waals surface area contributed by atoms with E-state index in [4.69, 9.17) is 4.98 Å². The summed E-state index contributed by atoms with van der Waals surface area (Å²) < 4.78 is 0. The highest BCUT2D eigenvalue weighted by Gasteiger charge is 2.16. The summed E-state index contributed by atoms with van der Waals surface area (Å²) in [5, 5.41) is 21.9. The molecule has 6 rings (SSSR count). The monoisotopic (exact) mass is 476 g/mol. The number of hydrogen-bond donors (Lipinski definition) is 4. The Kier molecular flexibility index (Phi) is 5.38. The molecule has 6 aromatic rings. The number of rotatable bonds is 6. The van der Waals surface area contributed by atoms with Crippen molar-refractivity contribution in [3.05, 3.63) is 73.6 Å². The zero-order valence-corrected chi connectivity index (χ0v) is 19.8. The van der Waals surface area contributed by atoms with Gasteiger partial charge in [0.25, 0.3) is 0 Å². The van der Waals surface area contributed by atoms with Crippen LogP contribution < -0.4 is 5.32 Å². The molecule has 1 aromatic carbocycles. The number of hydrogen-bond acceptors (Lipinski definition) is 7. The van der Waals surface area contributed by atoms with Crippen molar-refractivity contribution in [2.45, 2.75) is 20.1 Å². The predicted octanol–water partition coefficient (Wildman–Crippen LogP) is 5.01. The van der Waals surface area contributed by atoms with Crippen LogP contribution in [0.15, 0.2) is 73.6 Å². The van der Waals surface area contributed by atoms with Gasteiger partial charge in [-0.25, -0.2) is 4.98 Å². The van der Waals surface area contributed by atoms with Crippen LogP contribution in [0.5, 0.6) is 0 Å². The lowest BCUT2D eigenvalue weighted by Crippen LogP contribution is -2.24. The molecule has 1 unspecified atom stereocenters. The summed E-state index contributed by atoms with van der Waals surface area (Å²) in [5.74, 6) is 0.738. The maximum Gasteiger partial charge on any atom is 0.159 e. The number of nitrogens with zero attached hydrogens (tertiary/aromatic N) is 5. The molecule has 36 heavy (non-hydrogen) atoms. The maximum absolute atomic E-state index is 10.2. The third-order valence-corrected chi connectivity index (χ3v) is 6.19. The first kappa shape index (κ1) is 21.9. The van der Waals surface area contributed by atoms with Crippen LogP contribution in [0, 0.1) is 5.92 Å². The maximum atomic E-state index is 10.2. The van der Waals surface area contributed by atoms with Gasteiger partial charge in [0.1, 0.15) is 11.9 Å². The Hall–Kier alpha value is -4.63. The number of benzene rings is 1. The summed E-state index contributed by atoms with van der Waals surface area (Å²) >= 11 is 0. The number of aliphatic hydroxyl groups excluding tert-OH is 1. The lowest BCUT2D eigenvalue weighted by Gasteiger charge is -2.17. The molecule has 0 aliphatic carbocycles. The lowest BCUT2D eigenvalue weighted by molar-refractivity contribution is 0.153. The Morgan fingerprint density at radius 3 is 2.50 bits per heavy atom. The summed E-state index contributed by atoms with van der Waals surface area (Å²) in [5.41, 5.74) is 7.88. The Bertz CT molecular complexity index is 1670. The summed E-state index contributed by atoms with van der Waals surface area (Å²) in [7, 11) is 0. The van der Waals surface area contributed by atoms with E-state index in [1.54, 1.807) is 24.8 Å². The Morgan fingerprint density at radius 1 is 0.833 bits per heavy atom. The van der Waals surface area contributed by atoms with E-state index in [9.17, 15) is 5.11 Å². The Morgan fingerprint density at radius 2 is 1.67 bits per heavy atom. The average Bonchev–Trinajstić information content (AvgIpc) is 3.53. The number of nitrogens with one attached hydrogen (secondary N) is 3. The first-order valence-electron chi connectivity index (χ1n) is 11.7. The molecule has 178 valence electrons. The molecular formula is C27H24N8O. The van der Waals surface area contributed by atoms with E-state index in [-0.39, 0.29) is 5.92 Å². The highest BCUT2D eigenvalue weighted by atomic mass is 16.3. The van der Waals surface area contributed by atoms with Crippen LogP contribution in [0.4, 0.5) is 5.69 Å². The van der Waals surface area contributed by atoms with Crippen molar-refractivity contribution in [1.82, 2.24) is 35.1 Å². The number of imidazole rings is 1. The quantitative estimate of drug-likeness (QED) is 0.249. The van der Waals surface area contributed by atoms with Crippen molar-refractivity contribution in [1.29, 1.82) is 0 Å². The van der Waals surface area contributed by atoms with Crippen molar-refractivity contribution < 1.29 is 5.11 Å². The van der Waals surface area contributed by atoms with E-state index in [0.29, 0.717) is 5.82 Å². The van der Waals surface area contributed by atoms with Gasteiger partial charge in [0, 0.05) is 41.3 Å². The van der Waals surface area contributed by atoms with Crippen LogP contribution in [0.25, 0.3) is 55.7 Å². The first-order valence-corrected chi connectivity index (χ1v) is 11.7. The minimum Gasteiger partial charge on any atom is -0.374 e.